The van der Waals surface area contributed by atoms with E-state index < -0.39 is 0 Å². The lowest BCUT2D eigenvalue weighted by atomic mass is 9.94. The second-order valence-corrected chi connectivity index (χ2v) is 5.27. The highest BCUT2D eigenvalue weighted by Crippen LogP contribution is 2.33. The topological polar surface area (TPSA) is 20.2 Å². The molecule has 0 amide bonds. The molecule has 0 radical (unpaired) electrons. The minimum Gasteiger partial charge on any atom is -0.507 e. The van der Waals surface area contributed by atoms with Gasteiger partial charge in [-0.15, -0.1) is 0 Å². The molecule has 96 valence electrons. The number of hydrogen-bond donors (Lipinski definition) is 1. The van der Waals surface area contributed by atoms with E-state index in [-0.39, 0.29) is 0 Å². The highest BCUT2D eigenvalue weighted by atomic mass is 16.3. The van der Waals surface area contributed by atoms with Gasteiger partial charge in [0.2, 0.25) is 0 Å². The van der Waals surface area contributed by atoms with E-state index in [1.807, 2.05) is 18.2 Å². The Morgan fingerprint density at radius 2 is 1.63 bits per heavy atom. The molecule has 0 aliphatic carbocycles. The molecule has 0 bridgehead atoms. The van der Waals surface area contributed by atoms with Crippen molar-refractivity contribution in [3.63, 3.8) is 0 Å². The predicted molar refractivity (Wildman–Crippen MR) is 81.8 cm³/mol. The van der Waals surface area contributed by atoms with Crippen molar-refractivity contribution in [1.29, 1.82) is 0 Å². The van der Waals surface area contributed by atoms with Crippen LogP contribution in [-0.2, 0) is 0 Å². The molecule has 1 atom stereocenters. The van der Waals surface area contributed by atoms with Crippen molar-refractivity contribution in [2.24, 2.45) is 0 Å². The highest BCUT2D eigenvalue weighted by molar-refractivity contribution is 6.01. The van der Waals surface area contributed by atoms with Crippen molar-refractivity contribution in [3.05, 3.63) is 54.1 Å². The molecule has 1 N–H and O–H groups in total. The van der Waals surface area contributed by atoms with Gasteiger partial charge in [0.05, 0.1) is 0 Å². The maximum Gasteiger partial charge on any atom is 0.123 e. The van der Waals surface area contributed by atoms with Crippen LogP contribution in [0.3, 0.4) is 0 Å². The van der Waals surface area contributed by atoms with Crippen LogP contribution < -0.4 is 0 Å². The molecule has 0 aliphatic heterocycles. The quantitative estimate of drug-likeness (QED) is 0.619. The van der Waals surface area contributed by atoms with E-state index in [1.165, 1.54) is 16.3 Å². The van der Waals surface area contributed by atoms with Crippen LogP contribution in [0.1, 0.15) is 31.7 Å². The third-order valence-electron chi connectivity index (χ3n) is 4.00. The monoisotopic (exact) mass is 250 g/mol. The Bertz CT molecular complexity index is 743. The number of rotatable bonds is 2. The summed E-state index contributed by atoms with van der Waals surface area (Å²) in [5.41, 5.74) is 1.21. The Labute approximate surface area is 113 Å². The molecule has 1 unspecified atom stereocenters. The smallest absolute Gasteiger partial charge is 0.123 e. The average molecular weight is 250 g/mol. The largest absolute Gasteiger partial charge is 0.507 e. The Morgan fingerprint density at radius 1 is 0.947 bits per heavy atom. The summed E-state index contributed by atoms with van der Waals surface area (Å²) in [6.07, 6.45) is 1.08. The molecule has 1 nitrogen and oxygen atoms in total. The number of phenolic OH excluding ortho intramolecular Hbond substituents is 1. The van der Waals surface area contributed by atoms with Crippen molar-refractivity contribution < 1.29 is 5.11 Å². The molecular weight excluding hydrogens is 232 g/mol. The van der Waals surface area contributed by atoms with E-state index in [4.69, 9.17) is 0 Å². The van der Waals surface area contributed by atoms with E-state index in [0.717, 1.165) is 17.2 Å². The van der Waals surface area contributed by atoms with Crippen molar-refractivity contribution >= 4 is 21.5 Å². The second-order valence-electron chi connectivity index (χ2n) is 5.27. The zero-order valence-electron chi connectivity index (χ0n) is 11.4. The average Bonchev–Trinajstić information content (AvgIpc) is 2.44. The van der Waals surface area contributed by atoms with E-state index in [0.29, 0.717) is 11.7 Å². The van der Waals surface area contributed by atoms with Crippen LogP contribution in [0, 0.1) is 0 Å². The number of benzene rings is 3. The van der Waals surface area contributed by atoms with Crippen molar-refractivity contribution in [2.45, 2.75) is 26.2 Å². The summed E-state index contributed by atoms with van der Waals surface area (Å²) in [6, 6.07) is 16.6. The minimum absolute atomic E-state index is 0.388. The van der Waals surface area contributed by atoms with E-state index in [9.17, 15) is 5.11 Å². The van der Waals surface area contributed by atoms with Gasteiger partial charge in [-0.05, 0) is 52.3 Å². The van der Waals surface area contributed by atoms with E-state index in [2.05, 4.69) is 44.2 Å². The predicted octanol–water partition coefficient (Wildman–Crippen LogP) is 5.21. The number of fused-ring (bicyclic) bond motifs is 2. The molecule has 0 fully saturated rings. The fraction of sp³-hybridized carbons (Fsp3) is 0.222. The first-order valence-corrected chi connectivity index (χ1v) is 6.84. The third-order valence-corrected chi connectivity index (χ3v) is 4.00. The lowest BCUT2D eigenvalue weighted by Crippen LogP contribution is -1.91. The summed E-state index contributed by atoms with van der Waals surface area (Å²) >= 11 is 0. The van der Waals surface area contributed by atoms with Gasteiger partial charge in [-0.3, -0.25) is 0 Å². The highest BCUT2D eigenvalue weighted by Gasteiger charge is 2.08. The van der Waals surface area contributed by atoms with Crippen molar-refractivity contribution in [1.82, 2.24) is 0 Å². The lowest BCUT2D eigenvalue weighted by Gasteiger charge is -2.12. The standard InChI is InChI=1S/C18H18O/c1-3-12(2)15-9-16-8-13-6-4-5-7-14(13)10-17(16)18(19)11-15/h4-12,19H,3H2,1-2H3. The molecule has 0 heterocycles. The second kappa shape index (κ2) is 4.58. The first-order chi connectivity index (χ1) is 9.19. The van der Waals surface area contributed by atoms with Crippen molar-refractivity contribution in [2.75, 3.05) is 0 Å². The van der Waals surface area contributed by atoms with Gasteiger partial charge in [-0.2, -0.15) is 0 Å². The Kier molecular flexibility index (Phi) is 2.90. The zero-order valence-corrected chi connectivity index (χ0v) is 11.4. The van der Waals surface area contributed by atoms with Gasteiger partial charge < -0.3 is 5.11 Å². The van der Waals surface area contributed by atoms with Gasteiger partial charge in [0, 0.05) is 5.39 Å². The molecule has 0 saturated carbocycles. The number of hydrogen-bond acceptors (Lipinski definition) is 1. The third kappa shape index (κ3) is 2.06. The summed E-state index contributed by atoms with van der Waals surface area (Å²) in [4.78, 5) is 0. The maximum atomic E-state index is 10.3. The first kappa shape index (κ1) is 12.0. The van der Waals surface area contributed by atoms with Gasteiger partial charge in [0.25, 0.3) is 0 Å². The molecule has 1 heteroatoms. The van der Waals surface area contributed by atoms with Gasteiger partial charge in [-0.1, -0.05) is 44.2 Å². The molecule has 3 aromatic carbocycles. The van der Waals surface area contributed by atoms with E-state index >= 15 is 0 Å². The fourth-order valence-electron chi connectivity index (χ4n) is 2.58. The number of phenols is 1. The molecule has 3 rings (SSSR count). The summed E-state index contributed by atoms with van der Waals surface area (Å²) in [7, 11) is 0. The molecule has 0 aliphatic rings. The van der Waals surface area contributed by atoms with Crippen LogP contribution in [0.4, 0.5) is 0 Å². The van der Waals surface area contributed by atoms with Crippen LogP contribution in [0.2, 0.25) is 0 Å². The minimum atomic E-state index is 0.388. The van der Waals surface area contributed by atoms with Crippen LogP contribution >= 0.6 is 0 Å². The van der Waals surface area contributed by atoms with Crippen molar-refractivity contribution in [3.8, 4) is 5.75 Å². The van der Waals surface area contributed by atoms with Gasteiger partial charge in [-0.25, -0.2) is 0 Å². The molecule has 0 spiro atoms. The first-order valence-electron chi connectivity index (χ1n) is 6.84. The molecule has 0 aromatic heterocycles. The zero-order chi connectivity index (χ0) is 13.4. The van der Waals surface area contributed by atoms with E-state index in [1.54, 1.807) is 0 Å². The summed E-state index contributed by atoms with van der Waals surface area (Å²) < 4.78 is 0. The van der Waals surface area contributed by atoms with Gasteiger partial charge >= 0.3 is 0 Å². The van der Waals surface area contributed by atoms with Crippen LogP contribution in [0.25, 0.3) is 21.5 Å². The summed E-state index contributed by atoms with van der Waals surface area (Å²) in [6.45, 7) is 4.37. The lowest BCUT2D eigenvalue weighted by molar-refractivity contribution is 0.480. The number of aromatic hydroxyl groups is 1. The van der Waals surface area contributed by atoms with Crippen LogP contribution in [-0.4, -0.2) is 5.11 Å². The van der Waals surface area contributed by atoms with Gasteiger partial charge in [0.1, 0.15) is 5.75 Å². The Morgan fingerprint density at radius 3 is 2.32 bits per heavy atom. The normalized spacial score (nSPS) is 12.9. The summed E-state index contributed by atoms with van der Waals surface area (Å²) in [5, 5.41) is 14.7. The van der Waals surface area contributed by atoms with Gasteiger partial charge in [0.15, 0.2) is 0 Å². The maximum absolute atomic E-state index is 10.3. The van der Waals surface area contributed by atoms with Crippen LogP contribution in [0.5, 0.6) is 5.75 Å². The fourth-order valence-corrected chi connectivity index (χ4v) is 2.58. The Balaban J connectivity index is 2.31. The molecule has 0 saturated heterocycles. The van der Waals surface area contributed by atoms with Crippen LogP contribution in [0.15, 0.2) is 48.5 Å². The SMILES string of the molecule is CCC(C)c1cc(O)c2cc3ccccc3cc2c1. The summed E-state index contributed by atoms with van der Waals surface area (Å²) in [5.74, 6) is 0.861. The molecule has 3 aromatic rings. The molecular formula is C18H18O. The molecule has 19 heavy (non-hydrogen) atoms. The Hall–Kier alpha value is -2.02.